The average molecular weight is 314 g/mol. The van der Waals surface area contributed by atoms with Crippen LogP contribution in [0.15, 0.2) is 18.2 Å². The van der Waals surface area contributed by atoms with Crippen LogP contribution in [0.4, 0.5) is 13.2 Å². The van der Waals surface area contributed by atoms with E-state index in [-0.39, 0.29) is 17.8 Å². The lowest BCUT2D eigenvalue weighted by Crippen LogP contribution is -2.33. The van der Waals surface area contributed by atoms with E-state index in [0.717, 1.165) is 43.4 Å². The number of ether oxygens (including phenoxy) is 1. The van der Waals surface area contributed by atoms with E-state index in [1.54, 1.807) is 0 Å². The number of carboxylic acid groups (broad SMARTS) is 1. The van der Waals surface area contributed by atoms with Crippen LogP contribution >= 0.6 is 0 Å². The summed E-state index contributed by atoms with van der Waals surface area (Å²) in [6, 6.07) is 3.72. The number of alkyl halides is 3. The summed E-state index contributed by atoms with van der Waals surface area (Å²) in [5.74, 6) is -0.313. The molecule has 0 amide bonds. The molecule has 1 aliphatic carbocycles. The molecule has 3 nitrogen and oxygen atoms in total. The van der Waals surface area contributed by atoms with Gasteiger partial charge in [0.2, 0.25) is 0 Å². The van der Waals surface area contributed by atoms with Gasteiger partial charge in [0.25, 0.3) is 0 Å². The molecule has 0 unspecified atom stereocenters. The molecule has 3 rings (SSSR count). The number of carbonyl (C=O) groups is 1. The van der Waals surface area contributed by atoms with E-state index in [4.69, 9.17) is 9.84 Å². The van der Waals surface area contributed by atoms with Gasteiger partial charge < -0.3 is 9.84 Å². The summed E-state index contributed by atoms with van der Waals surface area (Å²) in [5, 5.41) is 8.86. The van der Waals surface area contributed by atoms with Crippen LogP contribution in [0, 0.1) is 5.92 Å². The fraction of sp³-hybridized carbons (Fsp3) is 0.562. The van der Waals surface area contributed by atoms with Crippen LogP contribution in [0.5, 0.6) is 5.75 Å². The van der Waals surface area contributed by atoms with Crippen LogP contribution in [0.3, 0.4) is 0 Å². The molecule has 1 aromatic rings. The molecule has 1 fully saturated rings. The first-order chi connectivity index (χ1) is 10.3. The number of benzene rings is 1. The van der Waals surface area contributed by atoms with Gasteiger partial charge in [0.1, 0.15) is 5.75 Å². The Labute approximate surface area is 126 Å². The van der Waals surface area contributed by atoms with Crippen molar-refractivity contribution in [1.82, 2.24) is 0 Å². The fourth-order valence-corrected chi connectivity index (χ4v) is 3.64. The van der Waals surface area contributed by atoms with Crippen molar-refractivity contribution in [2.24, 2.45) is 5.92 Å². The van der Waals surface area contributed by atoms with Gasteiger partial charge in [-0.05, 0) is 43.7 Å². The van der Waals surface area contributed by atoms with Gasteiger partial charge in [-0.1, -0.05) is 6.07 Å². The van der Waals surface area contributed by atoms with E-state index in [2.05, 4.69) is 0 Å². The number of hydrogen-bond donors (Lipinski definition) is 1. The Morgan fingerprint density at radius 1 is 1.32 bits per heavy atom. The molecule has 1 heterocycles. The molecule has 0 radical (unpaired) electrons. The third kappa shape index (κ3) is 2.66. The predicted molar refractivity (Wildman–Crippen MR) is 72.8 cm³/mol. The number of hydrogen-bond acceptors (Lipinski definition) is 2. The van der Waals surface area contributed by atoms with E-state index in [0.29, 0.717) is 12.4 Å². The van der Waals surface area contributed by atoms with Gasteiger partial charge in [-0.2, -0.15) is 13.2 Å². The second kappa shape index (κ2) is 5.18. The van der Waals surface area contributed by atoms with Crippen molar-refractivity contribution >= 4 is 5.97 Å². The molecule has 120 valence electrons. The first kappa shape index (κ1) is 15.2. The third-order valence-electron chi connectivity index (χ3n) is 4.91. The molecular formula is C16H17F3O3. The van der Waals surface area contributed by atoms with Crippen molar-refractivity contribution in [3.8, 4) is 5.75 Å². The molecular weight excluding hydrogens is 297 g/mol. The summed E-state index contributed by atoms with van der Waals surface area (Å²) < 4.78 is 43.8. The topological polar surface area (TPSA) is 46.5 Å². The lowest BCUT2D eigenvalue weighted by molar-refractivity contribution is -0.139. The molecule has 1 saturated carbocycles. The minimum atomic E-state index is -4.37. The fourth-order valence-electron chi connectivity index (χ4n) is 3.64. The normalized spacial score (nSPS) is 27.5. The highest BCUT2D eigenvalue weighted by molar-refractivity contribution is 5.67. The lowest BCUT2D eigenvalue weighted by atomic mass is 9.67. The number of rotatable bonds is 2. The van der Waals surface area contributed by atoms with Crippen LogP contribution in [-0.2, 0) is 16.4 Å². The van der Waals surface area contributed by atoms with Crippen molar-refractivity contribution < 1.29 is 27.8 Å². The van der Waals surface area contributed by atoms with Gasteiger partial charge in [-0.3, -0.25) is 4.79 Å². The van der Waals surface area contributed by atoms with Gasteiger partial charge in [-0.25, -0.2) is 0 Å². The van der Waals surface area contributed by atoms with Gasteiger partial charge in [0, 0.05) is 17.4 Å². The van der Waals surface area contributed by atoms with Crippen LogP contribution in [0.2, 0.25) is 0 Å². The Morgan fingerprint density at radius 2 is 2.00 bits per heavy atom. The van der Waals surface area contributed by atoms with E-state index in [1.165, 1.54) is 6.07 Å². The molecule has 0 atom stereocenters. The minimum Gasteiger partial charge on any atom is -0.492 e. The highest BCUT2D eigenvalue weighted by Gasteiger charge is 2.44. The van der Waals surface area contributed by atoms with Crippen molar-refractivity contribution in [2.45, 2.75) is 43.7 Å². The Hall–Kier alpha value is -1.72. The van der Waals surface area contributed by atoms with Crippen molar-refractivity contribution in [3.63, 3.8) is 0 Å². The smallest absolute Gasteiger partial charge is 0.416 e. The summed E-state index contributed by atoms with van der Waals surface area (Å²) in [6.45, 7) is 0.392. The van der Waals surface area contributed by atoms with Gasteiger partial charge in [0.05, 0.1) is 12.2 Å². The zero-order valence-electron chi connectivity index (χ0n) is 11.9. The van der Waals surface area contributed by atoms with E-state index in [9.17, 15) is 18.0 Å². The second-order valence-electron chi connectivity index (χ2n) is 6.32. The number of fused-ring (bicyclic) bond motifs is 2. The first-order valence-corrected chi connectivity index (χ1v) is 7.36. The van der Waals surface area contributed by atoms with Gasteiger partial charge in [0.15, 0.2) is 0 Å². The minimum absolute atomic E-state index is 0.154. The number of carboxylic acids is 1. The van der Waals surface area contributed by atoms with Crippen molar-refractivity contribution in [2.75, 3.05) is 6.61 Å². The zero-order valence-corrected chi connectivity index (χ0v) is 11.9. The summed E-state index contributed by atoms with van der Waals surface area (Å²) in [7, 11) is 0. The predicted octanol–water partition coefficient (Wildman–Crippen LogP) is 4.00. The van der Waals surface area contributed by atoms with Gasteiger partial charge >= 0.3 is 12.1 Å². The summed E-state index contributed by atoms with van der Waals surface area (Å²) in [5.41, 5.74) is -0.0915. The Bertz CT molecular complexity index is 587. The molecule has 1 aliphatic heterocycles. The zero-order chi connectivity index (χ0) is 16.0. The van der Waals surface area contributed by atoms with Crippen LogP contribution < -0.4 is 4.74 Å². The molecule has 1 spiro atoms. The first-order valence-electron chi connectivity index (χ1n) is 7.36. The lowest BCUT2D eigenvalue weighted by Gasteiger charge is -2.35. The maximum absolute atomic E-state index is 12.8. The van der Waals surface area contributed by atoms with Gasteiger partial charge in [-0.15, -0.1) is 0 Å². The van der Waals surface area contributed by atoms with E-state index >= 15 is 0 Å². The number of aliphatic carboxylic acids is 1. The third-order valence-corrected chi connectivity index (χ3v) is 4.91. The largest absolute Gasteiger partial charge is 0.492 e. The summed E-state index contributed by atoms with van der Waals surface area (Å²) in [4.78, 5) is 10.8. The Morgan fingerprint density at radius 3 is 2.59 bits per heavy atom. The maximum atomic E-state index is 12.8. The van der Waals surface area contributed by atoms with E-state index < -0.39 is 17.7 Å². The molecule has 1 aromatic carbocycles. The molecule has 0 saturated heterocycles. The van der Waals surface area contributed by atoms with Crippen molar-refractivity contribution in [3.05, 3.63) is 29.3 Å². The number of halogens is 3. The standard InChI is InChI=1S/C16H17F3O3/c17-16(18,19)11-1-2-12-13(8-11)22-9-15(12)5-3-10(4-6-15)7-14(20)21/h1-2,8,10H,3-7,9H2,(H,20,21). The summed E-state index contributed by atoms with van der Waals surface area (Å²) in [6.07, 6.45) is -1.12. The highest BCUT2D eigenvalue weighted by Crippen LogP contribution is 2.50. The molecule has 1 N–H and O–H groups in total. The molecule has 0 bridgehead atoms. The summed E-state index contributed by atoms with van der Waals surface area (Å²) >= 11 is 0. The monoisotopic (exact) mass is 314 g/mol. The SMILES string of the molecule is O=C(O)CC1CCC2(CC1)COc1cc(C(F)(F)F)ccc12. The maximum Gasteiger partial charge on any atom is 0.416 e. The second-order valence-corrected chi connectivity index (χ2v) is 6.32. The molecule has 2 aliphatic rings. The van der Waals surface area contributed by atoms with Crippen molar-refractivity contribution in [1.29, 1.82) is 0 Å². The van der Waals surface area contributed by atoms with Crippen LogP contribution in [0.25, 0.3) is 0 Å². The molecule has 22 heavy (non-hydrogen) atoms. The van der Waals surface area contributed by atoms with Crippen LogP contribution in [-0.4, -0.2) is 17.7 Å². The Kier molecular flexibility index (Phi) is 3.57. The van der Waals surface area contributed by atoms with Crippen LogP contribution in [0.1, 0.15) is 43.2 Å². The quantitative estimate of drug-likeness (QED) is 0.897. The average Bonchev–Trinajstić information content (AvgIpc) is 2.79. The Balaban J connectivity index is 1.79. The highest BCUT2D eigenvalue weighted by atomic mass is 19.4. The molecule has 6 heteroatoms. The molecule has 0 aromatic heterocycles. The van der Waals surface area contributed by atoms with E-state index in [1.807, 2.05) is 0 Å².